The molecule has 1 aromatic carbocycles. The zero-order chi connectivity index (χ0) is 17.7. The summed E-state index contributed by atoms with van der Waals surface area (Å²) in [5, 5.41) is 2.99. The quantitative estimate of drug-likeness (QED) is 0.854. The maximum Gasteiger partial charge on any atom is 0.338 e. The molecule has 24 heavy (non-hydrogen) atoms. The standard InChI is InChI=1S/C18H19ClN2O3/c1-18(2,3)13-6-4-12(5-7-13)17(23)24-11-16(22)21-15-9-8-14(19)10-20-15/h4-10H,11H2,1-3H3,(H,20,21,22). The topological polar surface area (TPSA) is 68.3 Å². The lowest BCUT2D eigenvalue weighted by Gasteiger charge is -2.18. The smallest absolute Gasteiger partial charge is 0.338 e. The molecule has 1 heterocycles. The van der Waals surface area contributed by atoms with Gasteiger partial charge in [0.05, 0.1) is 10.6 Å². The summed E-state index contributed by atoms with van der Waals surface area (Å²) in [6.45, 7) is 5.89. The number of nitrogens with one attached hydrogen (secondary N) is 1. The Balaban J connectivity index is 1.88. The molecule has 0 aliphatic carbocycles. The fraction of sp³-hybridized carbons (Fsp3) is 0.278. The van der Waals surface area contributed by atoms with E-state index in [1.165, 1.54) is 6.20 Å². The highest BCUT2D eigenvalue weighted by atomic mass is 35.5. The zero-order valence-electron chi connectivity index (χ0n) is 13.8. The Bertz CT molecular complexity index is 719. The third kappa shape index (κ3) is 5.06. The van der Waals surface area contributed by atoms with Crippen molar-refractivity contribution in [1.29, 1.82) is 0 Å². The van der Waals surface area contributed by atoms with E-state index in [2.05, 4.69) is 31.1 Å². The van der Waals surface area contributed by atoms with Crippen molar-refractivity contribution in [2.24, 2.45) is 0 Å². The fourth-order valence-corrected chi connectivity index (χ4v) is 2.06. The van der Waals surface area contributed by atoms with E-state index >= 15 is 0 Å². The summed E-state index contributed by atoms with van der Waals surface area (Å²) in [6.07, 6.45) is 1.42. The molecule has 1 amide bonds. The Hall–Kier alpha value is -2.40. The van der Waals surface area contributed by atoms with Gasteiger partial charge in [-0.05, 0) is 35.2 Å². The summed E-state index contributed by atoms with van der Waals surface area (Å²) in [5.41, 5.74) is 1.53. The van der Waals surface area contributed by atoms with Gasteiger partial charge >= 0.3 is 5.97 Å². The van der Waals surface area contributed by atoms with E-state index in [9.17, 15) is 9.59 Å². The molecular formula is C18H19ClN2O3. The number of esters is 1. The minimum Gasteiger partial charge on any atom is -0.452 e. The van der Waals surface area contributed by atoms with Crippen LogP contribution in [0.4, 0.5) is 5.82 Å². The van der Waals surface area contributed by atoms with Crippen molar-refractivity contribution in [3.63, 3.8) is 0 Å². The fourth-order valence-electron chi connectivity index (χ4n) is 1.95. The summed E-state index contributed by atoms with van der Waals surface area (Å²) in [4.78, 5) is 27.7. The minimum atomic E-state index is -0.547. The number of carbonyl (C=O) groups is 2. The average Bonchev–Trinajstić information content (AvgIpc) is 2.54. The summed E-state index contributed by atoms with van der Waals surface area (Å²) >= 11 is 5.71. The lowest BCUT2D eigenvalue weighted by molar-refractivity contribution is -0.119. The summed E-state index contributed by atoms with van der Waals surface area (Å²) < 4.78 is 5.01. The molecule has 0 unspecified atom stereocenters. The number of halogens is 1. The van der Waals surface area contributed by atoms with Gasteiger partial charge in [-0.1, -0.05) is 44.5 Å². The van der Waals surface area contributed by atoms with Gasteiger partial charge in [0.2, 0.25) is 0 Å². The lowest BCUT2D eigenvalue weighted by Crippen LogP contribution is -2.21. The Morgan fingerprint density at radius 1 is 1.12 bits per heavy atom. The molecule has 0 bridgehead atoms. The Morgan fingerprint density at radius 2 is 1.79 bits per heavy atom. The predicted molar refractivity (Wildman–Crippen MR) is 93.3 cm³/mol. The van der Waals surface area contributed by atoms with E-state index < -0.39 is 11.9 Å². The number of carbonyl (C=O) groups excluding carboxylic acids is 2. The molecule has 2 aromatic rings. The van der Waals surface area contributed by atoms with Crippen LogP contribution in [0.15, 0.2) is 42.6 Å². The van der Waals surface area contributed by atoms with Gasteiger partial charge in [-0.2, -0.15) is 0 Å². The molecule has 6 heteroatoms. The van der Waals surface area contributed by atoms with Gasteiger partial charge in [0.1, 0.15) is 5.82 Å². The van der Waals surface area contributed by atoms with E-state index in [-0.39, 0.29) is 12.0 Å². The summed E-state index contributed by atoms with van der Waals surface area (Å²) in [5.74, 6) is -0.672. The van der Waals surface area contributed by atoms with Crippen molar-refractivity contribution in [2.75, 3.05) is 11.9 Å². The molecule has 126 valence electrons. The van der Waals surface area contributed by atoms with Crippen LogP contribution in [0.2, 0.25) is 5.02 Å². The normalized spacial score (nSPS) is 11.0. The van der Waals surface area contributed by atoms with Crippen LogP contribution in [-0.2, 0) is 14.9 Å². The highest BCUT2D eigenvalue weighted by Gasteiger charge is 2.15. The van der Waals surface area contributed by atoms with Crippen molar-refractivity contribution in [2.45, 2.75) is 26.2 Å². The van der Waals surface area contributed by atoms with Crippen LogP contribution in [0.3, 0.4) is 0 Å². The van der Waals surface area contributed by atoms with Crippen molar-refractivity contribution < 1.29 is 14.3 Å². The van der Waals surface area contributed by atoms with Crippen molar-refractivity contribution in [3.05, 3.63) is 58.7 Å². The van der Waals surface area contributed by atoms with Crippen LogP contribution in [0, 0.1) is 0 Å². The van der Waals surface area contributed by atoms with Crippen LogP contribution in [0.25, 0.3) is 0 Å². The Kier molecular flexibility index (Phi) is 5.57. The van der Waals surface area contributed by atoms with Gasteiger partial charge in [0, 0.05) is 6.20 Å². The Labute approximate surface area is 146 Å². The molecule has 0 radical (unpaired) electrons. The number of aromatic nitrogens is 1. The summed E-state index contributed by atoms with van der Waals surface area (Å²) in [7, 11) is 0. The minimum absolute atomic E-state index is 0.00784. The van der Waals surface area contributed by atoms with Gasteiger partial charge in [0.25, 0.3) is 5.91 Å². The first-order chi connectivity index (χ1) is 11.3. The first-order valence-corrected chi connectivity index (χ1v) is 7.82. The number of ether oxygens (including phenoxy) is 1. The van der Waals surface area contributed by atoms with Crippen molar-refractivity contribution >= 4 is 29.3 Å². The van der Waals surface area contributed by atoms with Gasteiger partial charge in [-0.3, -0.25) is 4.79 Å². The lowest BCUT2D eigenvalue weighted by atomic mass is 9.87. The van der Waals surface area contributed by atoms with E-state index in [0.717, 1.165) is 5.56 Å². The van der Waals surface area contributed by atoms with Crippen molar-refractivity contribution in [3.8, 4) is 0 Å². The molecular weight excluding hydrogens is 328 g/mol. The summed E-state index contributed by atoms with van der Waals surface area (Å²) in [6, 6.07) is 10.3. The molecule has 0 atom stereocenters. The number of pyridine rings is 1. The van der Waals surface area contributed by atoms with Crippen LogP contribution < -0.4 is 5.32 Å². The maximum atomic E-state index is 12.0. The van der Waals surface area contributed by atoms with E-state index in [1.807, 2.05) is 12.1 Å². The monoisotopic (exact) mass is 346 g/mol. The molecule has 0 saturated heterocycles. The van der Waals surface area contributed by atoms with Gasteiger partial charge in [-0.15, -0.1) is 0 Å². The number of hydrogen-bond acceptors (Lipinski definition) is 4. The van der Waals surface area contributed by atoms with Crippen LogP contribution in [0.1, 0.15) is 36.7 Å². The second kappa shape index (κ2) is 7.45. The van der Waals surface area contributed by atoms with Gasteiger partial charge in [0.15, 0.2) is 6.61 Å². The first-order valence-electron chi connectivity index (χ1n) is 7.45. The molecule has 0 saturated carbocycles. The Morgan fingerprint density at radius 3 is 2.33 bits per heavy atom. The molecule has 0 aliphatic rings. The molecule has 2 rings (SSSR count). The second-order valence-electron chi connectivity index (χ2n) is 6.31. The number of hydrogen-bond donors (Lipinski definition) is 1. The first kappa shape index (κ1) is 17.9. The highest BCUT2D eigenvalue weighted by molar-refractivity contribution is 6.30. The molecule has 1 N–H and O–H groups in total. The molecule has 1 aromatic heterocycles. The molecule has 0 aliphatic heterocycles. The van der Waals surface area contributed by atoms with Crippen LogP contribution in [-0.4, -0.2) is 23.5 Å². The largest absolute Gasteiger partial charge is 0.452 e. The van der Waals surface area contributed by atoms with E-state index in [1.54, 1.807) is 24.3 Å². The number of anilines is 1. The number of nitrogens with zero attached hydrogens (tertiary/aromatic N) is 1. The highest BCUT2D eigenvalue weighted by Crippen LogP contribution is 2.22. The van der Waals surface area contributed by atoms with Crippen LogP contribution in [0.5, 0.6) is 0 Å². The third-order valence-corrected chi connectivity index (χ3v) is 3.54. The van der Waals surface area contributed by atoms with Crippen LogP contribution >= 0.6 is 11.6 Å². The molecule has 0 fully saturated rings. The number of amides is 1. The SMILES string of the molecule is CC(C)(C)c1ccc(C(=O)OCC(=O)Nc2ccc(Cl)cn2)cc1. The predicted octanol–water partition coefficient (Wildman–Crippen LogP) is 3.83. The number of rotatable bonds is 4. The van der Waals surface area contributed by atoms with E-state index in [0.29, 0.717) is 16.4 Å². The maximum absolute atomic E-state index is 12.0. The second-order valence-corrected chi connectivity index (χ2v) is 6.75. The zero-order valence-corrected chi connectivity index (χ0v) is 14.6. The van der Waals surface area contributed by atoms with Crippen molar-refractivity contribution in [1.82, 2.24) is 4.98 Å². The molecule has 0 spiro atoms. The average molecular weight is 347 g/mol. The third-order valence-electron chi connectivity index (χ3n) is 3.32. The van der Waals surface area contributed by atoms with Gasteiger partial charge < -0.3 is 10.1 Å². The van der Waals surface area contributed by atoms with E-state index in [4.69, 9.17) is 16.3 Å². The number of benzene rings is 1. The van der Waals surface area contributed by atoms with Gasteiger partial charge in [-0.25, -0.2) is 9.78 Å². The molecule has 5 nitrogen and oxygen atoms in total.